The number of nitrogens with zero attached hydrogens (tertiary/aromatic N) is 1. The molecule has 2 aliphatic heterocycles. The van der Waals surface area contributed by atoms with Crippen molar-refractivity contribution in [2.24, 2.45) is 5.73 Å². The normalized spacial score (nSPS) is 39.1. The molecule has 0 radical (unpaired) electrons. The van der Waals surface area contributed by atoms with Crippen molar-refractivity contribution in [2.75, 3.05) is 13.2 Å². The van der Waals surface area contributed by atoms with Crippen LogP contribution in [0.1, 0.15) is 13.2 Å². The lowest BCUT2D eigenvalue weighted by Gasteiger charge is -2.41. The van der Waals surface area contributed by atoms with Gasteiger partial charge in [0.2, 0.25) is 0 Å². The molecule has 0 aromatic carbocycles. The number of H-pyrrole nitrogens is 1. The Morgan fingerprint density at radius 2 is 1.85 bits per heavy atom. The molecule has 0 bridgehead atoms. The van der Waals surface area contributed by atoms with Crippen molar-refractivity contribution in [3.8, 4) is 0 Å². The van der Waals surface area contributed by atoms with Crippen LogP contribution in [-0.4, -0.2) is 118 Å². The number of phosphoric acid groups is 1. The van der Waals surface area contributed by atoms with E-state index in [4.69, 9.17) is 24.8 Å². The van der Waals surface area contributed by atoms with Crippen LogP contribution in [0.5, 0.6) is 0 Å². The summed E-state index contributed by atoms with van der Waals surface area (Å²) in [6.45, 7) is -5.10. The van der Waals surface area contributed by atoms with Gasteiger partial charge in [0.05, 0.1) is 18.8 Å². The predicted molar refractivity (Wildman–Crippen MR) is 128 cm³/mol. The number of nitrogens with two attached hydrogens (primary N) is 1. The summed E-state index contributed by atoms with van der Waals surface area (Å²) in [6.07, 6.45) is -15.1. The van der Waals surface area contributed by atoms with Crippen LogP contribution in [0.2, 0.25) is 0 Å². The lowest BCUT2D eigenvalue weighted by Crippen LogP contribution is -2.61. The van der Waals surface area contributed by atoms with E-state index in [-0.39, 0.29) is 0 Å². The molecule has 12 atom stereocenters. The van der Waals surface area contributed by atoms with E-state index in [1.165, 1.54) is 6.92 Å². The fourth-order valence-electron chi connectivity index (χ4n) is 3.90. The van der Waals surface area contributed by atoms with Gasteiger partial charge in [-0.15, -0.1) is 0 Å². The Bertz CT molecular complexity index is 1230. The fraction of sp³-hybridized carbons (Fsp3) is 0.765. The van der Waals surface area contributed by atoms with Crippen molar-refractivity contribution in [3.05, 3.63) is 33.1 Å². The van der Waals surface area contributed by atoms with Gasteiger partial charge < -0.3 is 60.2 Å². The van der Waals surface area contributed by atoms with E-state index in [2.05, 4.69) is 20.6 Å². The smallest absolute Gasteiger partial charge is 0.394 e. The highest BCUT2D eigenvalue weighted by molar-refractivity contribution is 8.08. The van der Waals surface area contributed by atoms with Crippen LogP contribution in [0.4, 0.5) is 0 Å². The van der Waals surface area contributed by atoms with E-state index in [0.29, 0.717) is 0 Å². The Balaban J connectivity index is 1.66. The van der Waals surface area contributed by atoms with Gasteiger partial charge in [-0.3, -0.25) is 18.9 Å². The molecule has 7 unspecified atom stereocenters. The van der Waals surface area contributed by atoms with E-state index < -0.39 is 99.8 Å². The molecule has 2 fully saturated rings. The Morgan fingerprint density at radius 3 is 2.44 bits per heavy atom. The van der Waals surface area contributed by atoms with E-state index in [9.17, 15) is 49.5 Å². The molecule has 39 heavy (non-hydrogen) atoms. The number of rotatable bonds is 10. The Hall–Kier alpha value is -1.00. The molecule has 3 heterocycles. The lowest BCUT2D eigenvalue weighted by atomic mass is 9.93. The van der Waals surface area contributed by atoms with Crippen LogP contribution in [0.15, 0.2) is 21.9 Å². The average molecular weight is 625 g/mol. The number of nitrogens with one attached hydrogen (secondary N) is 1. The first-order valence-corrected chi connectivity index (χ1v) is 15.1. The molecule has 1 aromatic heterocycles. The molecule has 1 aromatic rings. The first-order valence-electron chi connectivity index (χ1n) is 11.0. The number of ether oxygens (including phenoxy) is 2. The van der Waals surface area contributed by atoms with Gasteiger partial charge >= 0.3 is 20.2 Å². The summed E-state index contributed by atoms with van der Waals surface area (Å²) in [5.74, 6) is 0. The third kappa shape index (κ3) is 7.26. The van der Waals surface area contributed by atoms with Crippen molar-refractivity contribution in [2.45, 2.75) is 67.7 Å². The van der Waals surface area contributed by atoms with E-state index in [1.54, 1.807) is 0 Å². The Labute approximate surface area is 223 Å². The maximum Gasteiger partial charge on any atom is 0.481 e. The number of aromatic amines is 1. The van der Waals surface area contributed by atoms with Gasteiger partial charge in [-0.25, -0.2) is 13.7 Å². The van der Waals surface area contributed by atoms with Gasteiger partial charge in [-0.05, 0) is 18.7 Å². The summed E-state index contributed by atoms with van der Waals surface area (Å²) in [7, 11) is -5.46. The molecular weight excluding hydrogens is 596 g/mol. The molecule has 224 valence electrons. The maximum absolute atomic E-state index is 12.5. The van der Waals surface area contributed by atoms with Gasteiger partial charge in [0, 0.05) is 12.3 Å². The highest BCUT2D eigenvalue weighted by Crippen LogP contribution is 2.61. The molecule has 11 N–H and O–H groups in total. The van der Waals surface area contributed by atoms with E-state index in [1.807, 2.05) is 4.98 Å². The zero-order valence-corrected chi connectivity index (χ0v) is 22.5. The number of phosphoric ester groups is 1. The molecule has 0 saturated carbocycles. The zero-order valence-electron chi connectivity index (χ0n) is 19.9. The quantitative estimate of drug-likeness (QED) is 0.109. The molecule has 19 nitrogen and oxygen atoms in total. The predicted octanol–water partition coefficient (Wildman–Crippen LogP) is -4.96. The molecule has 22 heteroatoms. The second-order valence-corrected chi connectivity index (χ2v) is 13.3. The average Bonchev–Trinajstić information content (AvgIpc) is 3.05. The van der Waals surface area contributed by atoms with Crippen molar-refractivity contribution in [3.63, 3.8) is 0 Å². The molecule has 2 saturated heterocycles. The maximum atomic E-state index is 12.5. The van der Waals surface area contributed by atoms with Crippen LogP contribution in [-0.2, 0) is 39.2 Å². The topological polar surface area (TPSA) is 306 Å². The fourth-order valence-corrected chi connectivity index (χ4v) is 6.99. The largest absolute Gasteiger partial charge is 0.481 e. The first kappa shape index (κ1) is 32.5. The number of aliphatic hydroxyl groups excluding tert-OH is 6. The van der Waals surface area contributed by atoms with Crippen LogP contribution in [0, 0.1) is 0 Å². The summed E-state index contributed by atoms with van der Waals surface area (Å²) in [6, 6.07) is 1.01. The summed E-state index contributed by atoms with van der Waals surface area (Å²) in [5, 5.41) is 59.2. The highest BCUT2D eigenvalue weighted by atomic mass is 32.5. The van der Waals surface area contributed by atoms with E-state index in [0.717, 1.165) is 16.8 Å². The Kier molecular flexibility index (Phi) is 10.1. The number of aliphatic hydroxyl groups is 6. The minimum Gasteiger partial charge on any atom is -0.394 e. The van der Waals surface area contributed by atoms with Crippen molar-refractivity contribution in [1.29, 1.82) is 0 Å². The van der Waals surface area contributed by atoms with Gasteiger partial charge in [-0.2, -0.15) is 0 Å². The van der Waals surface area contributed by atoms with E-state index >= 15 is 0 Å². The van der Waals surface area contributed by atoms with Gasteiger partial charge in [0.15, 0.2) is 12.5 Å². The van der Waals surface area contributed by atoms with Crippen LogP contribution in [0.25, 0.3) is 0 Å². The lowest BCUT2D eigenvalue weighted by molar-refractivity contribution is -0.292. The van der Waals surface area contributed by atoms with Crippen molar-refractivity contribution < 1.29 is 67.8 Å². The third-order valence-electron chi connectivity index (χ3n) is 5.95. The summed E-state index contributed by atoms with van der Waals surface area (Å²) >= 11 is 4.68. The number of hydrogen-bond donors (Lipinski definition) is 10. The minimum atomic E-state index is -5.46. The molecule has 3 rings (SSSR count). The summed E-state index contributed by atoms with van der Waals surface area (Å²) < 4.78 is 37.9. The Morgan fingerprint density at radius 1 is 1.21 bits per heavy atom. The summed E-state index contributed by atoms with van der Waals surface area (Å²) in [5.41, 5.74) is 2.88. The molecule has 0 aliphatic carbocycles. The van der Waals surface area contributed by atoms with Crippen molar-refractivity contribution in [1.82, 2.24) is 9.55 Å². The molecular formula is C17H29N3O16P2S. The van der Waals surface area contributed by atoms with Gasteiger partial charge in [0.1, 0.15) is 42.7 Å². The monoisotopic (exact) mass is 625 g/mol. The van der Waals surface area contributed by atoms with Crippen LogP contribution < -0.4 is 17.0 Å². The van der Waals surface area contributed by atoms with Crippen LogP contribution >= 0.6 is 14.5 Å². The van der Waals surface area contributed by atoms with Crippen LogP contribution in [0.3, 0.4) is 0 Å². The van der Waals surface area contributed by atoms with Gasteiger partial charge in [0.25, 0.3) is 5.56 Å². The van der Waals surface area contributed by atoms with Crippen molar-refractivity contribution >= 4 is 26.3 Å². The molecule has 0 spiro atoms. The SMILES string of the molecule is C[C@@]1(N)[C@H](O)[C@@H](COP(O)(=S)OP(=O)(O)OC2OC([C@@H](O)CO)C(O)C(O)C2O)O[C@H]1n1ccc(=O)[nH]c1=O. The zero-order chi connectivity index (χ0) is 29.5. The summed E-state index contributed by atoms with van der Waals surface area (Å²) in [4.78, 5) is 45.8. The molecule has 2 aliphatic rings. The second kappa shape index (κ2) is 12.1. The second-order valence-electron chi connectivity index (χ2n) is 8.97. The standard InChI is InChI=1S/C17H29N3O16P2S/c1-17(18)13(27)7(33-15(17)20-3-2-8(23)19-16(20)28)5-32-38(31,39)36-37(29,30)35-14-11(26)9(24)10(25)12(34-14)6(22)4-21/h2-3,6-7,9-15,21-22,24-27H,4-5,18H2,1H3,(H,29,30)(H,31,39)(H,19,23,28)/t6-,7+,9?,10?,11?,12?,13+,14?,15+,17+,38?/m0/s1. The van der Waals surface area contributed by atoms with Gasteiger partial charge in [-0.1, -0.05) is 0 Å². The molecule has 0 amide bonds. The number of aromatic nitrogens is 2. The number of hydrogen-bond acceptors (Lipinski definition) is 16. The third-order valence-corrected chi connectivity index (χ3v) is 9.46. The first-order chi connectivity index (χ1) is 17.9. The minimum absolute atomic E-state index is 0.695. The highest BCUT2D eigenvalue weighted by Gasteiger charge is 2.53.